The van der Waals surface area contributed by atoms with Crippen LogP contribution in [0.2, 0.25) is 0 Å². The second-order valence-electron chi connectivity index (χ2n) is 5.14. The smallest absolute Gasteiger partial charge is 0.317 e. The number of nitrogens with zero attached hydrogens (tertiary/aromatic N) is 2. The van der Waals surface area contributed by atoms with Crippen LogP contribution in [0.25, 0.3) is 0 Å². The SMILES string of the molecule is Cc1csc(CNC(=O)N2CCSC(C(C)C)C2)n1. The third kappa shape index (κ3) is 4.11. The van der Waals surface area contributed by atoms with Gasteiger partial charge < -0.3 is 10.2 Å². The van der Waals surface area contributed by atoms with Gasteiger partial charge in [-0.1, -0.05) is 13.8 Å². The molecule has 0 spiro atoms. The van der Waals surface area contributed by atoms with Crippen LogP contribution >= 0.6 is 23.1 Å². The maximum absolute atomic E-state index is 12.1. The summed E-state index contributed by atoms with van der Waals surface area (Å²) in [5.74, 6) is 1.65. The molecule has 0 aliphatic carbocycles. The normalized spacial score (nSPS) is 19.8. The number of carbonyl (C=O) groups is 1. The van der Waals surface area contributed by atoms with E-state index < -0.39 is 0 Å². The first kappa shape index (κ1) is 14.7. The largest absolute Gasteiger partial charge is 0.331 e. The molecule has 106 valence electrons. The molecule has 1 aliphatic rings. The first-order chi connectivity index (χ1) is 9.06. The van der Waals surface area contributed by atoms with Gasteiger partial charge in [-0.2, -0.15) is 11.8 Å². The summed E-state index contributed by atoms with van der Waals surface area (Å²) >= 11 is 3.57. The minimum absolute atomic E-state index is 0.0406. The van der Waals surface area contributed by atoms with Gasteiger partial charge in [0.2, 0.25) is 0 Å². The van der Waals surface area contributed by atoms with Gasteiger partial charge in [0.25, 0.3) is 0 Å². The fourth-order valence-corrected chi connectivity index (χ4v) is 4.02. The van der Waals surface area contributed by atoms with Crippen LogP contribution in [0, 0.1) is 12.8 Å². The van der Waals surface area contributed by atoms with Gasteiger partial charge in [0, 0.05) is 35.2 Å². The van der Waals surface area contributed by atoms with E-state index in [0.717, 1.165) is 29.5 Å². The Bertz CT molecular complexity index is 433. The lowest BCUT2D eigenvalue weighted by Crippen LogP contribution is -2.47. The molecule has 1 aromatic heterocycles. The standard InChI is InChI=1S/C13H21N3OS2/c1-9(2)11-7-16(4-5-18-11)13(17)14-6-12-15-10(3)8-19-12/h8-9,11H,4-7H2,1-3H3,(H,14,17). The Morgan fingerprint density at radius 1 is 1.63 bits per heavy atom. The molecule has 1 unspecified atom stereocenters. The summed E-state index contributed by atoms with van der Waals surface area (Å²) in [4.78, 5) is 18.4. The molecule has 19 heavy (non-hydrogen) atoms. The van der Waals surface area contributed by atoms with Gasteiger partial charge in [-0.15, -0.1) is 11.3 Å². The number of aryl methyl sites for hydroxylation is 1. The number of urea groups is 1. The highest BCUT2D eigenvalue weighted by Crippen LogP contribution is 2.24. The Kier molecular flexibility index (Phi) is 5.10. The summed E-state index contributed by atoms with van der Waals surface area (Å²) in [6.45, 7) is 8.64. The van der Waals surface area contributed by atoms with E-state index in [1.165, 1.54) is 0 Å². The monoisotopic (exact) mass is 299 g/mol. The zero-order valence-corrected chi connectivity index (χ0v) is 13.3. The molecule has 1 saturated heterocycles. The van der Waals surface area contributed by atoms with E-state index in [2.05, 4.69) is 24.1 Å². The maximum Gasteiger partial charge on any atom is 0.317 e. The molecule has 0 bridgehead atoms. The number of hydrogen-bond acceptors (Lipinski definition) is 4. The van der Waals surface area contributed by atoms with Crippen LogP contribution in [0.15, 0.2) is 5.38 Å². The van der Waals surface area contributed by atoms with Crippen molar-refractivity contribution in [3.63, 3.8) is 0 Å². The Balaban J connectivity index is 1.82. The number of hydrogen-bond donors (Lipinski definition) is 1. The van der Waals surface area contributed by atoms with Crippen molar-refractivity contribution in [1.29, 1.82) is 0 Å². The van der Waals surface area contributed by atoms with E-state index in [4.69, 9.17) is 0 Å². The molecular weight excluding hydrogens is 278 g/mol. The predicted octanol–water partition coefficient (Wildman–Crippen LogP) is 2.73. The quantitative estimate of drug-likeness (QED) is 0.933. The van der Waals surface area contributed by atoms with E-state index in [-0.39, 0.29) is 6.03 Å². The van der Waals surface area contributed by atoms with Gasteiger partial charge in [-0.25, -0.2) is 9.78 Å². The number of thioether (sulfide) groups is 1. The van der Waals surface area contributed by atoms with Crippen LogP contribution < -0.4 is 5.32 Å². The molecule has 4 nitrogen and oxygen atoms in total. The number of thiazole rings is 1. The second kappa shape index (κ2) is 6.61. The number of aromatic nitrogens is 1. The minimum Gasteiger partial charge on any atom is -0.331 e. The molecule has 0 aromatic carbocycles. The molecule has 2 heterocycles. The van der Waals surface area contributed by atoms with E-state index in [1.54, 1.807) is 11.3 Å². The highest BCUT2D eigenvalue weighted by molar-refractivity contribution is 8.00. The van der Waals surface area contributed by atoms with Gasteiger partial charge >= 0.3 is 6.03 Å². The van der Waals surface area contributed by atoms with Crippen LogP contribution in [0.4, 0.5) is 4.79 Å². The molecule has 2 amide bonds. The van der Waals surface area contributed by atoms with E-state index in [1.807, 2.05) is 29.0 Å². The second-order valence-corrected chi connectivity index (χ2v) is 7.43. The summed E-state index contributed by atoms with van der Waals surface area (Å²) in [6, 6.07) is 0.0406. The molecule has 1 aliphatic heterocycles. The average Bonchev–Trinajstić information content (AvgIpc) is 2.82. The van der Waals surface area contributed by atoms with Crippen LogP contribution in [-0.2, 0) is 6.54 Å². The summed E-state index contributed by atoms with van der Waals surface area (Å²) < 4.78 is 0. The highest BCUT2D eigenvalue weighted by atomic mass is 32.2. The third-order valence-corrected chi connectivity index (χ3v) is 5.69. The average molecular weight is 299 g/mol. The molecule has 0 radical (unpaired) electrons. The Labute approximate surface area is 123 Å². The first-order valence-corrected chi connectivity index (χ1v) is 8.54. The predicted molar refractivity (Wildman–Crippen MR) is 81.7 cm³/mol. The van der Waals surface area contributed by atoms with Crippen molar-refractivity contribution in [1.82, 2.24) is 15.2 Å². The van der Waals surface area contributed by atoms with Crippen molar-refractivity contribution in [2.45, 2.75) is 32.6 Å². The van der Waals surface area contributed by atoms with E-state index >= 15 is 0 Å². The minimum atomic E-state index is 0.0406. The molecule has 1 N–H and O–H groups in total. The van der Waals surface area contributed by atoms with Crippen molar-refractivity contribution in [2.75, 3.05) is 18.8 Å². The van der Waals surface area contributed by atoms with Crippen LogP contribution in [0.5, 0.6) is 0 Å². The van der Waals surface area contributed by atoms with Crippen molar-refractivity contribution in [3.8, 4) is 0 Å². The Hall–Kier alpha value is -0.750. The molecule has 2 rings (SSSR count). The van der Waals surface area contributed by atoms with Crippen molar-refractivity contribution in [2.24, 2.45) is 5.92 Å². The van der Waals surface area contributed by atoms with Gasteiger partial charge in [0.1, 0.15) is 5.01 Å². The molecule has 1 atom stereocenters. The van der Waals surface area contributed by atoms with Crippen LogP contribution in [-0.4, -0.2) is 40.0 Å². The van der Waals surface area contributed by atoms with Gasteiger partial charge in [-0.3, -0.25) is 0 Å². The number of carbonyl (C=O) groups excluding carboxylic acids is 1. The molecule has 1 fully saturated rings. The molecular formula is C13H21N3OS2. The van der Waals surface area contributed by atoms with Gasteiger partial charge in [0.15, 0.2) is 0 Å². The summed E-state index contributed by atoms with van der Waals surface area (Å²) in [6.07, 6.45) is 0. The summed E-state index contributed by atoms with van der Waals surface area (Å²) in [7, 11) is 0. The van der Waals surface area contributed by atoms with Crippen molar-refractivity contribution in [3.05, 3.63) is 16.1 Å². The summed E-state index contributed by atoms with van der Waals surface area (Å²) in [5, 5.41) is 6.50. The fraction of sp³-hybridized carbons (Fsp3) is 0.692. The lowest BCUT2D eigenvalue weighted by Gasteiger charge is -2.34. The summed E-state index contributed by atoms with van der Waals surface area (Å²) in [5.41, 5.74) is 1.02. The molecule has 1 aromatic rings. The van der Waals surface area contributed by atoms with Gasteiger partial charge in [-0.05, 0) is 12.8 Å². The lowest BCUT2D eigenvalue weighted by molar-refractivity contribution is 0.196. The number of amides is 2. The van der Waals surface area contributed by atoms with E-state index in [9.17, 15) is 4.79 Å². The first-order valence-electron chi connectivity index (χ1n) is 6.61. The van der Waals surface area contributed by atoms with Crippen molar-refractivity contribution >= 4 is 29.1 Å². The van der Waals surface area contributed by atoms with E-state index in [0.29, 0.717) is 17.7 Å². The zero-order valence-electron chi connectivity index (χ0n) is 11.7. The Morgan fingerprint density at radius 2 is 2.42 bits per heavy atom. The van der Waals surface area contributed by atoms with Crippen LogP contribution in [0.1, 0.15) is 24.5 Å². The van der Waals surface area contributed by atoms with Crippen molar-refractivity contribution < 1.29 is 4.79 Å². The number of rotatable bonds is 3. The molecule has 6 heteroatoms. The third-order valence-electron chi connectivity index (χ3n) is 3.18. The number of nitrogens with one attached hydrogen (secondary N) is 1. The van der Waals surface area contributed by atoms with Crippen LogP contribution in [0.3, 0.4) is 0 Å². The fourth-order valence-electron chi connectivity index (χ4n) is 2.01. The Morgan fingerprint density at radius 3 is 3.05 bits per heavy atom. The highest BCUT2D eigenvalue weighted by Gasteiger charge is 2.25. The maximum atomic E-state index is 12.1. The topological polar surface area (TPSA) is 45.2 Å². The zero-order chi connectivity index (χ0) is 13.8. The molecule has 0 saturated carbocycles. The van der Waals surface area contributed by atoms with Gasteiger partial charge in [0.05, 0.1) is 6.54 Å². The lowest BCUT2D eigenvalue weighted by atomic mass is 10.1.